The third-order valence-electron chi connectivity index (χ3n) is 8.03. The number of fused-ring (bicyclic) bond motifs is 8. The van der Waals surface area contributed by atoms with E-state index >= 15 is 0 Å². The average Bonchev–Trinajstić information content (AvgIpc) is 3.74. The molecule has 0 saturated carbocycles. The Morgan fingerprint density at radius 2 is 0.825 bits per heavy atom. The Hall–Kier alpha value is -4.38. The van der Waals surface area contributed by atoms with E-state index in [0.29, 0.717) is 0 Å². The standard InChI is InChI=1S/C36H22O2S2/c1-19-3-9-35(39-19)23-7-5-21-13-27-29-17-34-30(18-33(29)37-31(27)15-25(21)11-23)28-14-22-6-8-24(36-10-4-20(2)40-36)12-26(22)16-32(28)38-34/h3-18H,1-2H3. The molecule has 0 atom stereocenters. The topological polar surface area (TPSA) is 26.3 Å². The van der Waals surface area contributed by atoms with Crippen LogP contribution >= 0.6 is 22.7 Å². The molecule has 0 aliphatic heterocycles. The number of hydrogen-bond acceptors (Lipinski definition) is 4. The van der Waals surface area contributed by atoms with Gasteiger partial charge in [0.05, 0.1) is 0 Å². The lowest BCUT2D eigenvalue weighted by Gasteiger charge is -2.02. The second-order valence-corrected chi connectivity index (χ2v) is 13.3. The molecule has 0 aliphatic rings. The van der Waals surface area contributed by atoms with Gasteiger partial charge in [-0.05, 0) is 119 Å². The predicted octanol–water partition coefficient (Wildman–Crippen LogP) is 11.9. The largest absolute Gasteiger partial charge is 0.456 e. The van der Waals surface area contributed by atoms with E-state index < -0.39 is 0 Å². The monoisotopic (exact) mass is 550 g/mol. The Morgan fingerprint density at radius 1 is 0.400 bits per heavy atom. The molecule has 190 valence electrons. The first-order valence-corrected chi connectivity index (χ1v) is 15.0. The van der Waals surface area contributed by atoms with Crippen LogP contribution in [0.15, 0.2) is 106 Å². The molecule has 4 heterocycles. The highest BCUT2D eigenvalue weighted by Crippen LogP contribution is 2.40. The molecule has 0 N–H and O–H groups in total. The van der Waals surface area contributed by atoms with E-state index in [1.165, 1.54) is 52.2 Å². The van der Waals surface area contributed by atoms with Gasteiger partial charge < -0.3 is 8.83 Å². The summed E-state index contributed by atoms with van der Waals surface area (Å²) in [5, 5.41) is 9.19. The molecule has 0 bridgehead atoms. The quantitative estimate of drug-likeness (QED) is 0.214. The maximum Gasteiger partial charge on any atom is 0.136 e. The highest BCUT2D eigenvalue weighted by Gasteiger charge is 2.15. The minimum atomic E-state index is 0.887. The van der Waals surface area contributed by atoms with Crippen molar-refractivity contribution < 1.29 is 8.83 Å². The fourth-order valence-electron chi connectivity index (χ4n) is 6.02. The van der Waals surface area contributed by atoms with E-state index in [4.69, 9.17) is 8.83 Å². The molecule has 0 aliphatic carbocycles. The van der Waals surface area contributed by atoms with Crippen LogP contribution in [0.3, 0.4) is 0 Å². The fourth-order valence-corrected chi connectivity index (χ4v) is 7.74. The summed E-state index contributed by atoms with van der Waals surface area (Å²) in [5.41, 5.74) is 6.07. The van der Waals surface area contributed by atoms with E-state index in [9.17, 15) is 0 Å². The van der Waals surface area contributed by atoms with Crippen molar-refractivity contribution in [1.29, 1.82) is 0 Å². The molecule has 40 heavy (non-hydrogen) atoms. The first-order valence-electron chi connectivity index (χ1n) is 13.4. The van der Waals surface area contributed by atoms with E-state index in [-0.39, 0.29) is 0 Å². The molecule has 0 saturated heterocycles. The molecule has 5 aromatic carbocycles. The summed E-state index contributed by atoms with van der Waals surface area (Å²) in [6.45, 7) is 4.30. The summed E-state index contributed by atoms with van der Waals surface area (Å²) in [4.78, 5) is 5.24. The van der Waals surface area contributed by atoms with Crippen molar-refractivity contribution in [3.8, 4) is 20.9 Å². The zero-order chi connectivity index (χ0) is 26.5. The van der Waals surface area contributed by atoms with Crippen molar-refractivity contribution in [3.63, 3.8) is 0 Å². The van der Waals surface area contributed by atoms with Gasteiger partial charge in [-0.2, -0.15) is 0 Å². The number of benzene rings is 5. The SMILES string of the molecule is Cc1ccc(-c2ccc3cc4c(cc3c2)oc2cc3c(cc24)oc2cc4cc(-c5ccc(C)s5)ccc4cc23)s1. The van der Waals surface area contributed by atoms with E-state index in [2.05, 4.69) is 111 Å². The van der Waals surface area contributed by atoms with Crippen molar-refractivity contribution >= 4 is 88.1 Å². The molecule has 0 radical (unpaired) electrons. The van der Waals surface area contributed by atoms with Gasteiger partial charge in [0.25, 0.3) is 0 Å². The third kappa shape index (κ3) is 3.33. The van der Waals surface area contributed by atoms with Crippen LogP contribution in [0, 0.1) is 13.8 Å². The van der Waals surface area contributed by atoms with Crippen molar-refractivity contribution in [2.75, 3.05) is 0 Å². The van der Waals surface area contributed by atoms with Gasteiger partial charge in [0.1, 0.15) is 22.3 Å². The van der Waals surface area contributed by atoms with Gasteiger partial charge in [-0.3, -0.25) is 0 Å². The summed E-state index contributed by atoms with van der Waals surface area (Å²) in [6, 6.07) is 35.3. The Kier molecular flexibility index (Phi) is 4.53. The Balaban J connectivity index is 1.21. The molecule has 9 aromatic rings. The Bertz CT molecular complexity index is 2290. The normalized spacial score (nSPS) is 12.2. The van der Waals surface area contributed by atoms with Crippen LogP contribution < -0.4 is 0 Å². The first kappa shape index (κ1) is 22.4. The number of hydrogen-bond donors (Lipinski definition) is 0. The zero-order valence-electron chi connectivity index (χ0n) is 21.9. The first-order chi connectivity index (χ1) is 19.6. The van der Waals surface area contributed by atoms with Crippen LogP contribution in [-0.4, -0.2) is 0 Å². The van der Waals surface area contributed by atoms with Crippen molar-refractivity contribution in [1.82, 2.24) is 0 Å². The molecule has 0 unspecified atom stereocenters. The number of aryl methyl sites for hydroxylation is 2. The number of furan rings is 2. The fraction of sp³-hybridized carbons (Fsp3) is 0.0556. The summed E-state index contributed by atoms with van der Waals surface area (Å²) >= 11 is 3.65. The lowest BCUT2D eigenvalue weighted by Crippen LogP contribution is -1.77. The highest BCUT2D eigenvalue weighted by atomic mass is 32.1. The Labute approximate surface area is 237 Å². The van der Waals surface area contributed by atoms with Crippen LogP contribution in [0.4, 0.5) is 0 Å². The molecule has 4 aromatic heterocycles. The summed E-state index contributed by atoms with van der Waals surface area (Å²) in [7, 11) is 0. The summed E-state index contributed by atoms with van der Waals surface area (Å²) < 4.78 is 12.9. The van der Waals surface area contributed by atoms with E-state index in [1.807, 2.05) is 22.7 Å². The second kappa shape index (κ2) is 8.07. The van der Waals surface area contributed by atoms with Crippen LogP contribution in [-0.2, 0) is 0 Å². The van der Waals surface area contributed by atoms with Gasteiger partial charge >= 0.3 is 0 Å². The smallest absolute Gasteiger partial charge is 0.136 e. The summed E-state index contributed by atoms with van der Waals surface area (Å²) in [6.07, 6.45) is 0. The third-order valence-corrected chi connectivity index (χ3v) is 10.1. The molecular formula is C36H22O2S2. The molecule has 4 heteroatoms. The van der Waals surface area contributed by atoms with Crippen LogP contribution in [0.5, 0.6) is 0 Å². The van der Waals surface area contributed by atoms with Crippen molar-refractivity contribution in [2.45, 2.75) is 13.8 Å². The van der Waals surface area contributed by atoms with E-state index in [0.717, 1.165) is 43.9 Å². The van der Waals surface area contributed by atoms with Gasteiger partial charge in [-0.1, -0.05) is 24.3 Å². The molecule has 0 spiro atoms. The minimum Gasteiger partial charge on any atom is -0.456 e. The Morgan fingerprint density at radius 3 is 1.25 bits per heavy atom. The molecular weight excluding hydrogens is 529 g/mol. The highest BCUT2D eigenvalue weighted by molar-refractivity contribution is 7.15. The lowest BCUT2D eigenvalue weighted by molar-refractivity contribution is 0.664. The molecule has 2 nitrogen and oxygen atoms in total. The van der Waals surface area contributed by atoms with Crippen LogP contribution in [0.1, 0.15) is 9.75 Å². The maximum absolute atomic E-state index is 6.45. The average molecular weight is 551 g/mol. The predicted molar refractivity (Wildman–Crippen MR) is 172 cm³/mol. The van der Waals surface area contributed by atoms with Crippen molar-refractivity contribution in [2.24, 2.45) is 0 Å². The van der Waals surface area contributed by atoms with E-state index in [1.54, 1.807) is 0 Å². The molecule has 9 rings (SSSR count). The van der Waals surface area contributed by atoms with Gasteiger partial charge in [0, 0.05) is 41.1 Å². The maximum atomic E-state index is 6.45. The number of thiophene rings is 2. The van der Waals surface area contributed by atoms with Gasteiger partial charge in [0.2, 0.25) is 0 Å². The molecule has 0 amide bonds. The van der Waals surface area contributed by atoms with Gasteiger partial charge in [-0.15, -0.1) is 22.7 Å². The van der Waals surface area contributed by atoms with Gasteiger partial charge in [-0.25, -0.2) is 0 Å². The minimum absolute atomic E-state index is 0.887. The van der Waals surface area contributed by atoms with Gasteiger partial charge in [0.15, 0.2) is 0 Å². The van der Waals surface area contributed by atoms with Crippen molar-refractivity contribution in [3.05, 3.63) is 107 Å². The van der Waals surface area contributed by atoms with Crippen LogP contribution in [0.2, 0.25) is 0 Å². The zero-order valence-corrected chi connectivity index (χ0v) is 23.5. The molecule has 0 fully saturated rings. The summed E-state index contributed by atoms with van der Waals surface area (Å²) in [5.74, 6) is 0. The lowest BCUT2D eigenvalue weighted by atomic mass is 10.0. The second-order valence-electron chi connectivity index (χ2n) is 10.7. The van der Waals surface area contributed by atoms with Crippen LogP contribution in [0.25, 0.3) is 86.3 Å². The number of rotatable bonds is 2.